The van der Waals surface area contributed by atoms with Gasteiger partial charge >= 0.3 is 0 Å². The van der Waals surface area contributed by atoms with E-state index in [2.05, 4.69) is 10.3 Å². The quantitative estimate of drug-likeness (QED) is 0.662. The number of aryl methyl sites for hydroxylation is 1. The van der Waals surface area contributed by atoms with Crippen molar-refractivity contribution in [3.63, 3.8) is 0 Å². The first-order valence-electron chi connectivity index (χ1n) is 5.11. The van der Waals surface area contributed by atoms with Crippen LogP contribution in [-0.4, -0.2) is 40.7 Å². The summed E-state index contributed by atoms with van der Waals surface area (Å²) in [5.74, 6) is -1.34. The molecule has 0 spiro atoms. The van der Waals surface area contributed by atoms with E-state index in [1.54, 1.807) is 19.1 Å². The zero-order chi connectivity index (χ0) is 12.4. The van der Waals surface area contributed by atoms with Gasteiger partial charge < -0.3 is 4.90 Å². The molecular weight excluding hydrogens is 222 g/mol. The largest absolute Gasteiger partial charge is 0.319 e. The van der Waals surface area contributed by atoms with Crippen LogP contribution in [0.1, 0.15) is 16.1 Å². The van der Waals surface area contributed by atoms with Crippen LogP contribution in [0.2, 0.25) is 0 Å². The Kier molecular flexibility index (Phi) is 2.86. The van der Waals surface area contributed by atoms with Crippen LogP contribution >= 0.6 is 0 Å². The Hall–Kier alpha value is -2.24. The van der Waals surface area contributed by atoms with E-state index in [1.807, 2.05) is 0 Å². The zero-order valence-electron chi connectivity index (χ0n) is 9.27. The number of pyridine rings is 1. The molecule has 0 aliphatic carbocycles. The lowest BCUT2D eigenvalue weighted by Gasteiger charge is -2.25. The Labute approximate surface area is 97.6 Å². The van der Waals surface area contributed by atoms with E-state index in [-0.39, 0.29) is 18.8 Å². The van der Waals surface area contributed by atoms with Gasteiger partial charge in [-0.2, -0.15) is 0 Å². The van der Waals surface area contributed by atoms with Gasteiger partial charge in [-0.05, 0) is 18.6 Å². The molecule has 2 rings (SSSR count). The minimum absolute atomic E-state index is 0.111. The van der Waals surface area contributed by atoms with Crippen LogP contribution in [0, 0.1) is 6.92 Å². The lowest BCUT2D eigenvalue weighted by Crippen LogP contribution is -2.53. The van der Waals surface area contributed by atoms with Gasteiger partial charge in [0.05, 0.1) is 0 Å². The van der Waals surface area contributed by atoms with Gasteiger partial charge in [0.1, 0.15) is 18.8 Å². The highest BCUT2D eigenvalue weighted by molar-refractivity contribution is 6.05. The van der Waals surface area contributed by atoms with E-state index in [4.69, 9.17) is 0 Å². The molecule has 2 heterocycles. The summed E-state index contributed by atoms with van der Waals surface area (Å²) in [5, 5.41) is 2.14. The number of hydrogen-bond donors (Lipinski definition) is 1. The van der Waals surface area contributed by atoms with Crippen LogP contribution in [0.3, 0.4) is 0 Å². The summed E-state index contributed by atoms with van der Waals surface area (Å²) in [6.07, 6.45) is 1.51. The van der Waals surface area contributed by atoms with Gasteiger partial charge in [0.25, 0.3) is 5.91 Å². The van der Waals surface area contributed by atoms with Crippen molar-refractivity contribution in [2.45, 2.75) is 6.92 Å². The van der Waals surface area contributed by atoms with E-state index in [9.17, 15) is 14.4 Å². The molecule has 6 heteroatoms. The molecule has 1 aromatic rings. The highest BCUT2D eigenvalue weighted by atomic mass is 16.2. The number of carbonyl (C=O) groups is 3. The topological polar surface area (TPSA) is 79.4 Å². The van der Waals surface area contributed by atoms with Gasteiger partial charge in [0.15, 0.2) is 0 Å². The van der Waals surface area contributed by atoms with E-state index in [0.717, 1.165) is 5.56 Å². The normalized spacial score (nSPS) is 15.7. The average molecular weight is 233 g/mol. The molecule has 88 valence electrons. The van der Waals surface area contributed by atoms with Crippen molar-refractivity contribution in [1.29, 1.82) is 0 Å². The van der Waals surface area contributed by atoms with Gasteiger partial charge in [-0.25, -0.2) is 0 Å². The molecule has 1 aliphatic heterocycles. The highest BCUT2D eigenvalue weighted by Crippen LogP contribution is 2.08. The molecule has 0 bridgehead atoms. The molecule has 17 heavy (non-hydrogen) atoms. The van der Waals surface area contributed by atoms with Crippen LogP contribution in [-0.2, 0) is 9.59 Å². The SMILES string of the molecule is Cc1cccnc1C(=O)N1CC(=O)NC(=O)C1. The van der Waals surface area contributed by atoms with Crippen molar-refractivity contribution in [2.75, 3.05) is 13.1 Å². The second-order valence-electron chi connectivity index (χ2n) is 3.80. The number of piperazine rings is 1. The second kappa shape index (κ2) is 4.32. The summed E-state index contributed by atoms with van der Waals surface area (Å²) >= 11 is 0. The van der Waals surface area contributed by atoms with Crippen molar-refractivity contribution in [2.24, 2.45) is 0 Å². The minimum Gasteiger partial charge on any atom is -0.319 e. The number of imide groups is 1. The monoisotopic (exact) mass is 233 g/mol. The molecule has 0 saturated carbocycles. The number of rotatable bonds is 1. The molecule has 1 N–H and O–H groups in total. The highest BCUT2D eigenvalue weighted by Gasteiger charge is 2.28. The van der Waals surface area contributed by atoms with Gasteiger partial charge in [0.2, 0.25) is 11.8 Å². The Balaban J connectivity index is 2.23. The summed E-state index contributed by atoms with van der Waals surface area (Å²) in [6, 6.07) is 3.48. The molecule has 6 nitrogen and oxygen atoms in total. The molecule has 0 aromatic carbocycles. The number of hydrogen-bond acceptors (Lipinski definition) is 4. The summed E-state index contributed by atoms with van der Waals surface area (Å²) in [5.41, 5.74) is 0.992. The maximum Gasteiger partial charge on any atom is 0.273 e. The summed E-state index contributed by atoms with van der Waals surface area (Å²) in [7, 11) is 0. The molecule has 0 radical (unpaired) electrons. The van der Waals surface area contributed by atoms with Gasteiger partial charge in [0, 0.05) is 6.20 Å². The van der Waals surface area contributed by atoms with Crippen LogP contribution in [0.5, 0.6) is 0 Å². The smallest absolute Gasteiger partial charge is 0.273 e. The van der Waals surface area contributed by atoms with Crippen LogP contribution in [0.25, 0.3) is 0 Å². The minimum atomic E-state index is -0.469. The van der Waals surface area contributed by atoms with E-state index in [1.165, 1.54) is 11.1 Å². The lowest BCUT2D eigenvalue weighted by atomic mass is 10.2. The van der Waals surface area contributed by atoms with Crippen LogP contribution in [0.4, 0.5) is 0 Å². The fraction of sp³-hybridized carbons (Fsp3) is 0.273. The van der Waals surface area contributed by atoms with Crippen molar-refractivity contribution in [3.05, 3.63) is 29.6 Å². The van der Waals surface area contributed by atoms with E-state index >= 15 is 0 Å². The third-order valence-corrected chi connectivity index (χ3v) is 2.45. The summed E-state index contributed by atoms with van der Waals surface area (Å²) in [6.45, 7) is 1.53. The molecule has 1 saturated heterocycles. The molecular formula is C11H11N3O3. The number of amides is 3. The van der Waals surface area contributed by atoms with Gasteiger partial charge in [-0.1, -0.05) is 6.07 Å². The summed E-state index contributed by atoms with van der Waals surface area (Å²) in [4.78, 5) is 39.5. The predicted octanol–water partition coefficient (Wildman–Crippen LogP) is -0.511. The Bertz CT molecular complexity index is 482. The van der Waals surface area contributed by atoms with Crippen molar-refractivity contribution < 1.29 is 14.4 Å². The molecule has 0 atom stereocenters. The van der Waals surface area contributed by atoms with E-state index in [0.29, 0.717) is 0 Å². The zero-order valence-corrected chi connectivity index (χ0v) is 9.27. The van der Waals surface area contributed by atoms with E-state index < -0.39 is 17.7 Å². The van der Waals surface area contributed by atoms with Crippen LogP contribution < -0.4 is 5.32 Å². The van der Waals surface area contributed by atoms with Crippen molar-refractivity contribution in [3.8, 4) is 0 Å². The third kappa shape index (κ3) is 2.30. The van der Waals surface area contributed by atoms with Crippen LogP contribution in [0.15, 0.2) is 18.3 Å². The molecule has 1 aromatic heterocycles. The number of carbonyl (C=O) groups excluding carboxylic acids is 3. The fourth-order valence-electron chi connectivity index (χ4n) is 1.64. The van der Waals surface area contributed by atoms with Crippen molar-refractivity contribution in [1.82, 2.24) is 15.2 Å². The molecule has 3 amide bonds. The summed E-state index contributed by atoms with van der Waals surface area (Å²) < 4.78 is 0. The first-order valence-corrected chi connectivity index (χ1v) is 5.11. The van der Waals surface area contributed by atoms with Gasteiger partial charge in [-0.3, -0.25) is 24.7 Å². The maximum atomic E-state index is 12.0. The lowest BCUT2D eigenvalue weighted by molar-refractivity contribution is -0.135. The Morgan fingerprint density at radius 3 is 2.59 bits per heavy atom. The van der Waals surface area contributed by atoms with Gasteiger partial charge in [-0.15, -0.1) is 0 Å². The molecule has 1 fully saturated rings. The third-order valence-electron chi connectivity index (χ3n) is 2.45. The standard InChI is InChI=1S/C11H11N3O3/c1-7-3-2-4-12-10(7)11(17)14-5-8(15)13-9(16)6-14/h2-4H,5-6H2,1H3,(H,13,15,16). The second-order valence-corrected chi connectivity index (χ2v) is 3.80. The Morgan fingerprint density at radius 1 is 1.35 bits per heavy atom. The number of nitrogens with zero attached hydrogens (tertiary/aromatic N) is 2. The fourth-order valence-corrected chi connectivity index (χ4v) is 1.64. The molecule has 1 aliphatic rings. The first kappa shape index (κ1) is 11.3. The average Bonchev–Trinajstić information content (AvgIpc) is 2.27. The number of nitrogens with one attached hydrogen (secondary N) is 1. The predicted molar refractivity (Wildman–Crippen MR) is 58.0 cm³/mol. The van der Waals surface area contributed by atoms with Crippen molar-refractivity contribution >= 4 is 17.7 Å². The maximum absolute atomic E-state index is 12.0. The Morgan fingerprint density at radius 2 is 2.00 bits per heavy atom. The molecule has 0 unspecified atom stereocenters. The first-order chi connectivity index (χ1) is 8.08. The number of aromatic nitrogens is 1.